The van der Waals surface area contributed by atoms with E-state index < -0.39 is 10.0 Å². The summed E-state index contributed by atoms with van der Waals surface area (Å²) in [5.41, 5.74) is 3.14. The molecule has 0 fully saturated rings. The lowest BCUT2D eigenvalue weighted by Gasteiger charge is -2.29. The summed E-state index contributed by atoms with van der Waals surface area (Å²) in [5.74, 6) is 0.120. The highest BCUT2D eigenvalue weighted by molar-refractivity contribution is 9.10. The third kappa shape index (κ3) is 5.31. The van der Waals surface area contributed by atoms with Crippen molar-refractivity contribution in [1.82, 2.24) is 9.21 Å². The summed E-state index contributed by atoms with van der Waals surface area (Å²) < 4.78 is 29.0. The first kappa shape index (κ1) is 20.3. The van der Waals surface area contributed by atoms with Crippen LogP contribution < -0.4 is 5.32 Å². The number of hydrogen-bond donors (Lipinski definition) is 1. The molecule has 2 aromatic rings. The number of anilines is 1. The Labute approximate surface area is 170 Å². The molecule has 0 saturated heterocycles. The highest BCUT2D eigenvalue weighted by Gasteiger charge is 2.32. The number of rotatable bonds is 6. The van der Waals surface area contributed by atoms with Gasteiger partial charge in [0.05, 0.1) is 5.75 Å². The molecule has 1 atom stereocenters. The Hall–Kier alpha value is -1.41. The van der Waals surface area contributed by atoms with Gasteiger partial charge >= 0.3 is 0 Å². The zero-order chi connectivity index (χ0) is 19.4. The second-order valence-corrected chi connectivity index (χ2v) is 10.1. The molecule has 0 radical (unpaired) electrons. The van der Waals surface area contributed by atoms with Crippen molar-refractivity contribution in [1.29, 1.82) is 0 Å². The van der Waals surface area contributed by atoms with E-state index in [9.17, 15) is 8.42 Å². The minimum Gasteiger partial charge on any atom is -0.383 e. The molecule has 0 bridgehead atoms. The average Bonchev–Trinajstić information content (AvgIpc) is 2.81. The van der Waals surface area contributed by atoms with Crippen molar-refractivity contribution in [2.45, 2.75) is 19.0 Å². The Morgan fingerprint density at radius 1 is 1.19 bits per heavy atom. The molecule has 27 heavy (non-hydrogen) atoms. The molecule has 2 aromatic carbocycles. The predicted molar refractivity (Wildman–Crippen MR) is 114 cm³/mol. The van der Waals surface area contributed by atoms with E-state index in [0.717, 1.165) is 21.3 Å². The Kier molecular flexibility index (Phi) is 6.57. The standard InChI is InChI=1S/C20H26BrN3O2S/c1-23(2)10-11-27(25,26)24-15-17-13-18(21)8-9-20(17)22-14-19(24)12-16-6-4-3-5-7-16/h3-9,13,19,22H,10-12,14-15H2,1-2H3/t19-/m1/s1. The number of sulfonamides is 1. The minimum absolute atomic E-state index is 0.120. The van der Waals surface area contributed by atoms with E-state index in [4.69, 9.17) is 0 Å². The van der Waals surface area contributed by atoms with Gasteiger partial charge in [-0.2, -0.15) is 4.31 Å². The van der Waals surface area contributed by atoms with Gasteiger partial charge in [0.2, 0.25) is 10.0 Å². The Morgan fingerprint density at radius 2 is 1.93 bits per heavy atom. The van der Waals surface area contributed by atoms with Gasteiger partial charge in [-0.15, -0.1) is 0 Å². The van der Waals surface area contributed by atoms with Crippen molar-refractivity contribution in [2.24, 2.45) is 0 Å². The first-order valence-corrected chi connectivity index (χ1v) is 11.5. The number of benzene rings is 2. The molecule has 146 valence electrons. The zero-order valence-electron chi connectivity index (χ0n) is 15.7. The monoisotopic (exact) mass is 451 g/mol. The maximum absolute atomic E-state index is 13.2. The molecule has 0 saturated carbocycles. The highest BCUT2D eigenvalue weighted by Crippen LogP contribution is 2.28. The molecule has 3 rings (SSSR count). The molecule has 1 aliphatic rings. The molecule has 0 amide bonds. The number of fused-ring (bicyclic) bond motifs is 1. The van der Waals surface area contributed by atoms with Gasteiger partial charge in [-0.1, -0.05) is 46.3 Å². The third-order valence-corrected chi connectivity index (χ3v) is 7.13. The van der Waals surface area contributed by atoms with Crippen LogP contribution in [0.3, 0.4) is 0 Å². The smallest absolute Gasteiger partial charge is 0.215 e. The van der Waals surface area contributed by atoms with Crippen LogP contribution in [0.5, 0.6) is 0 Å². The third-order valence-electron chi connectivity index (χ3n) is 4.80. The van der Waals surface area contributed by atoms with E-state index in [2.05, 4.69) is 33.4 Å². The molecule has 1 heterocycles. The topological polar surface area (TPSA) is 52.7 Å². The van der Waals surface area contributed by atoms with Crippen LogP contribution in [0.1, 0.15) is 11.1 Å². The molecule has 0 spiro atoms. The van der Waals surface area contributed by atoms with E-state index >= 15 is 0 Å². The molecule has 0 aromatic heterocycles. The van der Waals surface area contributed by atoms with Gasteiger partial charge in [-0.3, -0.25) is 0 Å². The van der Waals surface area contributed by atoms with Crippen molar-refractivity contribution < 1.29 is 8.42 Å². The highest BCUT2D eigenvalue weighted by atomic mass is 79.9. The summed E-state index contributed by atoms with van der Waals surface area (Å²) in [5, 5.41) is 3.45. The van der Waals surface area contributed by atoms with E-state index in [1.165, 1.54) is 0 Å². The Bertz CT molecular complexity index is 872. The maximum Gasteiger partial charge on any atom is 0.215 e. The molecule has 1 N–H and O–H groups in total. The number of nitrogens with zero attached hydrogens (tertiary/aromatic N) is 2. The second-order valence-electron chi connectivity index (χ2n) is 7.19. The zero-order valence-corrected chi connectivity index (χ0v) is 18.1. The van der Waals surface area contributed by atoms with Crippen molar-refractivity contribution in [3.05, 3.63) is 64.1 Å². The normalized spacial score (nSPS) is 18.0. The Balaban J connectivity index is 1.92. The predicted octanol–water partition coefficient (Wildman–Crippen LogP) is 3.18. The van der Waals surface area contributed by atoms with Crippen LogP contribution in [0, 0.1) is 0 Å². The van der Waals surface area contributed by atoms with Crippen molar-refractivity contribution in [3.8, 4) is 0 Å². The largest absolute Gasteiger partial charge is 0.383 e. The average molecular weight is 452 g/mol. The summed E-state index contributed by atoms with van der Waals surface area (Å²) in [6, 6.07) is 15.9. The number of halogens is 1. The first-order chi connectivity index (χ1) is 12.8. The van der Waals surface area contributed by atoms with Crippen LogP contribution in [0.25, 0.3) is 0 Å². The van der Waals surface area contributed by atoms with Crippen molar-refractivity contribution >= 4 is 31.6 Å². The summed E-state index contributed by atoms with van der Waals surface area (Å²) in [6.45, 7) is 1.48. The molecule has 1 aliphatic heterocycles. The number of hydrogen-bond acceptors (Lipinski definition) is 4. The van der Waals surface area contributed by atoms with Crippen LogP contribution in [0.4, 0.5) is 5.69 Å². The van der Waals surface area contributed by atoms with E-state index in [-0.39, 0.29) is 11.8 Å². The van der Waals surface area contributed by atoms with Crippen LogP contribution in [0.2, 0.25) is 0 Å². The van der Waals surface area contributed by atoms with E-state index in [1.54, 1.807) is 4.31 Å². The van der Waals surface area contributed by atoms with Crippen LogP contribution in [0.15, 0.2) is 53.0 Å². The van der Waals surface area contributed by atoms with E-state index in [1.807, 2.05) is 55.4 Å². The fourth-order valence-electron chi connectivity index (χ4n) is 3.29. The molecule has 5 nitrogen and oxygen atoms in total. The molecule has 0 aliphatic carbocycles. The molecule has 0 unspecified atom stereocenters. The molecular formula is C20H26BrN3O2S. The van der Waals surface area contributed by atoms with Crippen LogP contribution in [-0.2, 0) is 23.0 Å². The SMILES string of the molecule is CN(C)CCS(=O)(=O)N1Cc2cc(Br)ccc2NC[C@H]1Cc1ccccc1. The lowest BCUT2D eigenvalue weighted by molar-refractivity contribution is 0.322. The quantitative estimate of drug-likeness (QED) is 0.732. The minimum atomic E-state index is -3.39. The first-order valence-electron chi connectivity index (χ1n) is 9.05. The van der Waals surface area contributed by atoms with Crippen LogP contribution >= 0.6 is 15.9 Å². The molecule has 7 heteroatoms. The second kappa shape index (κ2) is 8.73. The van der Waals surface area contributed by atoms with Crippen molar-refractivity contribution in [2.75, 3.05) is 38.3 Å². The summed E-state index contributed by atoms with van der Waals surface area (Å²) in [4.78, 5) is 1.91. The summed E-state index contributed by atoms with van der Waals surface area (Å²) >= 11 is 3.50. The van der Waals surface area contributed by atoms with Crippen molar-refractivity contribution in [3.63, 3.8) is 0 Å². The van der Waals surface area contributed by atoms with E-state index in [0.29, 0.717) is 26.1 Å². The van der Waals surface area contributed by atoms with Gasteiger partial charge in [0.1, 0.15) is 0 Å². The van der Waals surface area contributed by atoms with Gasteiger partial charge in [0, 0.05) is 35.8 Å². The van der Waals surface area contributed by atoms with Crippen LogP contribution in [-0.4, -0.2) is 56.6 Å². The van der Waals surface area contributed by atoms with Gasteiger partial charge < -0.3 is 10.2 Å². The van der Waals surface area contributed by atoms with Gasteiger partial charge in [0.15, 0.2) is 0 Å². The Morgan fingerprint density at radius 3 is 2.63 bits per heavy atom. The summed E-state index contributed by atoms with van der Waals surface area (Å²) in [6.07, 6.45) is 0.685. The lowest BCUT2D eigenvalue weighted by atomic mass is 10.1. The van der Waals surface area contributed by atoms with Gasteiger partial charge in [0.25, 0.3) is 0 Å². The summed E-state index contributed by atoms with van der Waals surface area (Å²) in [7, 11) is 0.402. The van der Waals surface area contributed by atoms with Gasteiger partial charge in [-0.25, -0.2) is 8.42 Å². The van der Waals surface area contributed by atoms with Gasteiger partial charge in [-0.05, 0) is 49.8 Å². The number of nitrogens with one attached hydrogen (secondary N) is 1. The molecular weight excluding hydrogens is 426 g/mol. The lowest BCUT2D eigenvalue weighted by Crippen LogP contribution is -2.45. The fraction of sp³-hybridized carbons (Fsp3) is 0.400. The maximum atomic E-state index is 13.2. The fourth-order valence-corrected chi connectivity index (χ4v) is 5.47.